The van der Waals surface area contributed by atoms with Crippen LogP contribution in [0.2, 0.25) is 0 Å². The molecule has 4 heteroatoms. The Bertz CT molecular complexity index is 97.0. The minimum Gasteiger partial charge on any atom is -0.362 e. The first-order valence-corrected chi connectivity index (χ1v) is 3.71. The van der Waals surface area contributed by atoms with E-state index in [1.54, 1.807) is 14.0 Å². The SMILES string of the molecule is COC(C)NC(=O)CBr. The fraction of sp³-hybridized carbons (Fsp3) is 0.800. The monoisotopic (exact) mass is 195 g/mol. The smallest absolute Gasteiger partial charge is 0.232 e. The van der Waals surface area contributed by atoms with Gasteiger partial charge in [0, 0.05) is 7.11 Å². The number of alkyl halides is 1. The normalized spacial score (nSPS) is 12.8. The Hall–Kier alpha value is -0.0900. The average Bonchev–Trinajstić information content (AvgIpc) is 1.87. The van der Waals surface area contributed by atoms with Crippen molar-refractivity contribution in [2.45, 2.75) is 13.2 Å². The van der Waals surface area contributed by atoms with Gasteiger partial charge in [-0.3, -0.25) is 4.79 Å². The van der Waals surface area contributed by atoms with Crippen LogP contribution in [0.4, 0.5) is 0 Å². The fourth-order valence-electron chi connectivity index (χ4n) is 0.324. The van der Waals surface area contributed by atoms with Crippen molar-refractivity contribution in [2.24, 2.45) is 0 Å². The molecule has 3 nitrogen and oxygen atoms in total. The lowest BCUT2D eigenvalue weighted by Gasteiger charge is -2.09. The van der Waals surface area contributed by atoms with Gasteiger partial charge in [0.15, 0.2) is 0 Å². The summed E-state index contributed by atoms with van der Waals surface area (Å²) in [6, 6.07) is 0. The number of rotatable bonds is 3. The minimum absolute atomic E-state index is 0.0654. The number of methoxy groups -OCH3 is 1. The van der Waals surface area contributed by atoms with Crippen LogP contribution < -0.4 is 5.32 Å². The van der Waals surface area contributed by atoms with Crippen molar-refractivity contribution in [3.63, 3.8) is 0 Å². The summed E-state index contributed by atoms with van der Waals surface area (Å²) >= 11 is 3.00. The summed E-state index contributed by atoms with van der Waals surface area (Å²) < 4.78 is 4.77. The molecule has 0 aromatic heterocycles. The van der Waals surface area contributed by atoms with Crippen LogP contribution in [0.1, 0.15) is 6.92 Å². The van der Waals surface area contributed by atoms with Crippen LogP contribution >= 0.6 is 15.9 Å². The average molecular weight is 196 g/mol. The molecule has 0 aliphatic rings. The zero-order valence-electron chi connectivity index (χ0n) is 5.48. The zero-order valence-corrected chi connectivity index (χ0v) is 7.06. The van der Waals surface area contributed by atoms with Crippen molar-refractivity contribution in [3.8, 4) is 0 Å². The molecule has 1 atom stereocenters. The van der Waals surface area contributed by atoms with Crippen molar-refractivity contribution < 1.29 is 9.53 Å². The minimum atomic E-state index is -0.199. The summed E-state index contributed by atoms with van der Waals surface area (Å²) in [6.45, 7) is 1.76. The molecule has 0 aliphatic heterocycles. The van der Waals surface area contributed by atoms with Crippen molar-refractivity contribution in [3.05, 3.63) is 0 Å². The summed E-state index contributed by atoms with van der Waals surface area (Å²) in [5, 5.41) is 2.89. The number of amides is 1. The third-order valence-corrected chi connectivity index (χ3v) is 1.35. The van der Waals surface area contributed by atoms with Gasteiger partial charge in [-0.15, -0.1) is 0 Å². The van der Waals surface area contributed by atoms with Gasteiger partial charge in [-0.25, -0.2) is 0 Å². The molecule has 0 aromatic rings. The summed E-state index contributed by atoms with van der Waals surface area (Å²) in [4.78, 5) is 10.5. The first-order chi connectivity index (χ1) is 4.20. The molecule has 0 fully saturated rings. The molecular weight excluding hydrogens is 186 g/mol. The Kier molecular flexibility index (Phi) is 4.71. The lowest BCUT2D eigenvalue weighted by molar-refractivity contribution is -0.121. The molecule has 0 saturated carbocycles. The van der Waals surface area contributed by atoms with Crippen molar-refractivity contribution in [1.29, 1.82) is 0 Å². The molecule has 0 spiro atoms. The van der Waals surface area contributed by atoms with E-state index in [1.807, 2.05) is 0 Å². The van der Waals surface area contributed by atoms with E-state index in [9.17, 15) is 4.79 Å². The van der Waals surface area contributed by atoms with Gasteiger partial charge in [-0.05, 0) is 6.92 Å². The molecule has 1 unspecified atom stereocenters. The van der Waals surface area contributed by atoms with Crippen LogP contribution in [-0.4, -0.2) is 24.6 Å². The Labute approximate surface area is 62.9 Å². The van der Waals surface area contributed by atoms with E-state index in [-0.39, 0.29) is 12.1 Å². The lowest BCUT2D eigenvalue weighted by Crippen LogP contribution is -2.34. The molecule has 1 N–H and O–H groups in total. The number of carbonyl (C=O) groups is 1. The second kappa shape index (κ2) is 4.76. The van der Waals surface area contributed by atoms with Crippen LogP contribution in [-0.2, 0) is 9.53 Å². The van der Waals surface area contributed by atoms with E-state index in [4.69, 9.17) is 4.74 Å². The Balaban J connectivity index is 3.34. The Morgan fingerprint density at radius 1 is 1.89 bits per heavy atom. The number of halogens is 1. The van der Waals surface area contributed by atoms with Gasteiger partial charge in [0.1, 0.15) is 6.23 Å². The molecule has 0 aliphatic carbocycles. The third-order valence-electron chi connectivity index (χ3n) is 0.839. The quantitative estimate of drug-likeness (QED) is 0.526. The van der Waals surface area contributed by atoms with Crippen LogP contribution in [0, 0.1) is 0 Å². The number of ether oxygens (including phenoxy) is 1. The van der Waals surface area contributed by atoms with E-state index in [1.165, 1.54) is 0 Å². The molecular formula is C5H10BrNO2. The zero-order chi connectivity index (χ0) is 7.28. The van der Waals surface area contributed by atoms with Crippen molar-refractivity contribution in [2.75, 3.05) is 12.4 Å². The largest absolute Gasteiger partial charge is 0.362 e. The maximum Gasteiger partial charge on any atom is 0.232 e. The molecule has 0 aromatic carbocycles. The van der Waals surface area contributed by atoms with E-state index in [0.717, 1.165) is 0 Å². The van der Waals surface area contributed by atoms with E-state index in [0.29, 0.717) is 5.33 Å². The first kappa shape index (κ1) is 8.91. The molecule has 0 radical (unpaired) electrons. The van der Waals surface area contributed by atoms with Crippen LogP contribution in [0.3, 0.4) is 0 Å². The number of hydrogen-bond acceptors (Lipinski definition) is 2. The Morgan fingerprint density at radius 3 is 2.78 bits per heavy atom. The van der Waals surface area contributed by atoms with Crippen LogP contribution in [0.5, 0.6) is 0 Å². The van der Waals surface area contributed by atoms with Crippen molar-refractivity contribution in [1.82, 2.24) is 5.32 Å². The summed E-state index contributed by atoms with van der Waals surface area (Å²) in [5.74, 6) is -0.0654. The second-order valence-electron chi connectivity index (χ2n) is 1.58. The first-order valence-electron chi connectivity index (χ1n) is 2.58. The number of nitrogens with one attached hydrogen (secondary N) is 1. The van der Waals surface area contributed by atoms with E-state index < -0.39 is 0 Å². The standard InChI is InChI=1S/C5H10BrNO2/c1-4(9-2)7-5(8)3-6/h4H,3H2,1-2H3,(H,7,8). The molecule has 0 bridgehead atoms. The van der Waals surface area contributed by atoms with Crippen LogP contribution in [0.25, 0.3) is 0 Å². The molecule has 9 heavy (non-hydrogen) atoms. The van der Waals surface area contributed by atoms with Gasteiger partial charge in [-0.2, -0.15) is 0 Å². The van der Waals surface area contributed by atoms with E-state index >= 15 is 0 Å². The maximum atomic E-state index is 10.5. The number of hydrogen-bond donors (Lipinski definition) is 1. The van der Waals surface area contributed by atoms with E-state index in [2.05, 4.69) is 21.2 Å². The highest BCUT2D eigenvalue weighted by atomic mass is 79.9. The second-order valence-corrected chi connectivity index (χ2v) is 2.14. The summed E-state index contributed by atoms with van der Waals surface area (Å²) in [5.41, 5.74) is 0. The van der Waals surface area contributed by atoms with Gasteiger partial charge in [-0.1, -0.05) is 15.9 Å². The van der Waals surface area contributed by atoms with Gasteiger partial charge in [0.2, 0.25) is 5.91 Å². The lowest BCUT2D eigenvalue weighted by atomic mass is 10.6. The summed E-state index contributed by atoms with van der Waals surface area (Å²) in [6.07, 6.45) is -0.199. The predicted molar refractivity (Wildman–Crippen MR) is 38.4 cm³/mol. The molecule has 0 saturated heterocycles. The molecule has 0 rings (SSSR count). The van der Waals surface area contributed by atoms with Crippen LogP contribution in [0.15, 0.2) is 0 Å². The van der Waals surface area contributed by atoms with Gasteiger partial charge in [0.05, 0.1) is 5.33 Å². The highest BCUT2D eigenvalue weighted by molar-refractivity contribution is 9.09. The van der Waals surface area contributed by atoms with Crippen molar-refractivity contribution >= 4 is 21.8 Å². The van der Waals surface area contributed by atoms with Gasteiger partial charge in [0.25, 0.3) is 0 Å². The highest BCUT2D eigenvalue weighted by Crippen LogP contribution is 1.83. The predicted octanol–water partition coefficient (Wildman–Crippen LogP) is 0.490. The molecule has 1 amide bonds. The van der Waals surface area contributed by atoms with Gasteiger partial charge < -0.3 is 10.1 Å². The van der Waals surface area contributed by atoms with Gasteiger partial charge >= 0.3 is 0 Å². The fourth-order valence-corrected chi connectivity index (χ4v) is 0.486. The number of carbonyl (C=O) groups excluding carboxylic acids is 1. The summed E-state index contributed by atoms with van der Waals surface area (Å²) in [7, 11) is 1.54. The molecule has 54 valence electrons. The molecule has 0 heterocycles. The maximum absolute atomic E-state index is 10.5. The topological polar surface area (TPSA) is 38.3 Å². The Morgan fingerprint density at radius 2 is 2.44 bits per heavy atom. The highest BCUT2D eigenvalue weighted by Gasteiger charge is 2.01. The third kappa shape index (κ3) is 4.42.